The molecule has 4 rings (SSSR count). The molecule has 3 heterocycles. The van der Waals surface area contributed by atoms with Gasteiger partial charge >= 0.3 is 35.5 Å². The van der Waals surface area contributed by atoms with Gasteiger partial charge in [-0.2, -0.15) is 5.10 Å². The maximum atomic E-state index is 10.9. The molecule has 3 aromatic rings. The third-order valence-electron chi connectivity index (χ3n) is 5.34. The third-order valence-corrected chi connectivity index (χ3v) is 5.34. The number of piperidine rings is 1. The molecular formula is C20H25N6NaO2. The van der Waals surface area contributed by atoms with Crippen LogP contribution >= 0.6 is 0 Å². The van der Waals surface area contributed by atoms with Gasteiger partial charge in [-0.3, -0.25) is 4.68 Å². The van der Waals surface area contributed by atoms with Crippen molar-refractivity contribution in [3.05, 3.63) is 47.9 Å². The Morgan fingerprint density at radius 3 is 2.62 bits per heavy atom. The average molecular weight is 404 g/mol. The van der Waals surface area contributed by atoms with Crippen molar-refractivity contribution in [2.45, 2.75) is 19.4 Å². The monoisotopic (exact) mass is 404 g/mol. The van der Waals surface area contributed by atoms with Gasteiger partial charge in [-0.25, -0.2) is 14.8 Å². The molecule has 0 atom stereocenters. The Morgan fingerprint density at radius 1 is 1.24 bits per heavy atom. The molecule has 1 saturated heterocycles. The SMILES string of the molecule is Cn1nc(CNCC2CCN(c3ncc(C(=O)O)cn3)CC2)c2ccccc21.[H-].[Na+]. The summed E-state index contributed by atoms with van der Waals surface area (Å²) in [6, 6.07) is 8.29. The molecule has 1 fully saturated rings. The average Bonchev–Trinajstić information content (AvgIpc) is 3.05. The second-order valence-electron chi connectivity index (χ2n) is 7.23. The van der Waals surface area contributed by atoms with Crippen LogP contribution in [0.2, 0.25) is 0 Å². The molecule has 1 aromatic carbocycles. The van der Waals surface area contributed by atoms with Crippen molar-refractivity contribution in [2.75, 3.05) is 24.5 Å². The number of para-hydroxylation sites is 1. The number of nitrogens with zero attached hydrogens (tertiary/aromatic N) is 5. The normalized spacial score (nSPS) is 14.7. The summed E-state index contributed by atoms with van der Waals surface area (Å²) in [5, 5.41) is 18.3. The maximum absolute atomic E-state index is 10.9. The first-order valence-corrected chi connectivity index (χ1v) is 9.53. The molecule has 0 aliphatic carbocycles. The summed E-state index contributed by atoms with van der Waals surface area (Å²) in [7, 11) is 1.98. The van der Waals surface area contributed by atoms with Crippen molar-refractivity contribution in [3.63, 3.8) is 0 Å². The topological polar surface area (TPSA) is 96.2 Å². The number of aromatic carboxylic acids is 1. The van der Waals surface area contributed by atoms with E-state index in [1.165, 1.54) is 17.8 Å². The summed E-state index contributed by atoms with van der Waals surface area (Å²) in [6.07, 6.45) is 4.85. The number of rotatable bonds is 6. The Morgan fingerprint density at radius 2 is 1.93 bits per heavy atom. The first-order valence-electron chi connectivity index (χ1n) is 9.53. The van der Waals surface area contributed by atoms with E-state index in [0.717, 1.165) is 50.2 Å². The summed E-state index contributed by atoms with van der Waals surface area (Å²) in [5.41, 5.74) is 2.36. The van der Waals surface area contributed by atoms with Gasteiger partial charge in [-0.1, -0.05) is 18.2 Å². The van der Waals surface area contributed by atoms with Gasteiger partial charge in [0.2, 0.25) is 5.95 Å². The van der Waals surface area contributed by atoms with E-state index in [0.29, 0.717) is 11.9 Å². The van der Waals surface area contributed by atoms with E-state index in [1.54, 1.807) is 0 Å². The van der Waals surface area contributed by atoms with Crippen molar-refractivity contribution in [1.82, 2.24) is 25.1 Å². The van der Waals surface area contributed by atoms with E-state index in [-0.39, 0.29) is 36.5 Å². The van der Waals surface area contributed by atoms with Crippen LogP contribution in [0.1, 0.15) is 30.3 Å². The Kier molecular flexibility index (Phi) is 7.23. The first-order chi connectivity index (χ1) is 13.6. The molecule has 1 aliphatic rings. The Labute approximate surface area is 193 Å². The molecule has 0 unspecified atom stereocenters. The van der Waals surface area contributed by atoms with Gasteiger partial charge in [-0.05, 0) is 31.4 Å². The van der Waals surface area contributed by atoms with E-state index >= 15 is 0 Å². The number of hydrogen-bond acceptors (Lipinski definition) is 6. The fourth-order valence-corrected chi connectivity index (χ4v) is 3.75. The Bertz CT molecular complexity index is 973. The van der Waals surface area contributed by atoms with Crippen molar-refractivity contribution in [3.8, 4) is 0 Å². The first kappa shape index (κ1) is 21.7. The summed E-state index contributed by atoms with van der Waals surface area (Å²) in [5.74, 6) is 0.206. The number of benzene rings is 1. The molecule has 0 radical (unpaired) electrons. The van der Waals surface area contributed by atoms with Crippen LogP contribution in [0.4, 0.5) is 5.95 Å². The molecule has 0 spiro atoms. The molecule has 2 aromatic heterocycles. The number of hydrogen-bond donors (Lipinski definition) is 2. The smallest absolute Gasteiger partial charge is 1.00 e. The van der Waals surface area contributed by atoms with Crippen LogP contribution in [0.3, 0.4) is 0 Å². The molecule has 0 bridgehead atoms. The van der Waals surface area contributed by atoms with E-state index < -0.39 is 5.97 Å². The minimum atomic E-state index is -1.00. The van der Waals surface area contributed by atoms with Crippen LogP contribution in [0.25, 0.3) is 10.9 Å². The van der Waals surface area contributed by atoms with E-state index in [9.17, 15) is 4.79 Å². The summed E-state index contributed by atoms with van der Waals surface area (Å²) >= 11 is 0. The fraction of sp³-hybridized carbons (Fsp3) is 0.400. The number of carboxylic acid groups (broad SMARTS) is 1. The number of carboxylic acids is 1. The minimum absolute atomic E-state index is 0. The molecule has 1 aliphatic heterocycles. The summed E-state index contributed by atoms with van der Waals surface area (Å²) < 4.78 is 1.93. The van der Waals surface area contributed by atoms with Gasteiger partial charge < -0.3 is 16.7 Å². The fourth-order valence-electron chi connectivity index (χ4n) is 3.75. The number of anilines is 1. The molecule has 148 valence electrons. The van der Waals surface area contributed by atoms with E-state index in [1.807, 2.05) is 23.9 Å². The zero-order valence-electron chi connectivity index (χ0n) is 17.9. The molecule has 8 nitrogen and oxygen atoms in total. The second kappa shape index (κ2) is 9.67. The van der Waals surface area contributed by atoms with Gasteiger partial charge in [0.15, 0.2) is 0 Å². The summed E-state index contributed by atoms with van der Waals surface area (Å²) in [6.45, 7) is 3.48. The largest absolute Gasteiger partial charge is 1.00 e. The van der Waals surface area contributed by atoms with Crippen molar-refractivity contribution >= 4 is 22.8 Å². The van der Waals surface area contributed by atoms with Crippen LogP contribution in [-0.2, 0) is 13.6 Å². The van der Waals surface area contributed by atoms with Crippen molar-refractivity contribution in [1.29, 1.82) is 0 Å². The van der Waals surface area contributed by atoms with Crippen LogP contribution in [0.15, 0.2) is 36.7 Å². The predicted molar refractivity (Wildman–Crippen MR) is 107 cm³/mol. The van der Waals surface area contributed by atoms with Gasteiger partial charge in [0.25, 0.3) is 0 Å². The predicted octanol–water partition coefficient (Wildman–Crippen LogP) is -0.816. The van der Waals surface area contributed by atoms with Crippen molar-refractivity contribution in [2.24, 2.45) is 13.0 Å². The Hall–Kier alpha value is -2.00. The molecule has 0 amide bonds. The third kappa shape index (κ3) is 4.95. The molecular weight excluding hydrogens is 379 g/mol. The van der Waals surface area contributed by atoms with Crippen LogP contribution in [0, 0.1) is 5.92 Å². The summed E-state index contributed by atoms with van der Waals surface area (Å²) in [4.78, 5) is 21.4. The van der Waals surface area contributed by atoms with Gasteiger partial charge in [0.05, 0.1) is 16.8 Å². The molecule has 9 heteroatoms. The zero-order chi connectivity index (χ0) is 19.5. The molecule has 0 saturated carbocycles. The Balaban J connectivity index is 0.00000160. The van der Waals surface area contributed by atoms with E-state index in [4.69, 9.17) is 5.11 Å². The van der Waals surface area contributed by atoms with E-state index in [2.05, 4.69) is 37.4 Å². The van der Waals surface area contributed by atoms with Crippen LogP contribution in [0.5, 0.6) is 0 Å². The van der Waals surface area contributed by atoms with Crippen LogP contribution in [-0.4, -0.2) is 50.5 Å². The van der Waals surface area contributed by atoms with Gasteiger partial charge in [0.1, 0.15) is 0 Å². The molecule has 2 N–H and O–H groups in total. The number of carbonyl (C=O) groups is 1. The molecule has 29 heavy (non-hydrogen) atoms. The number of aromatic nitrogens is 4. The standard InChI is InChI=1S/C20H24N6O2.Na.H/c1-25-18-5-3-2-4-16(18)17(24-25)13-21-10-14-6-8-26(9-7-14)20-22-11-15(12-23-20)19(27)28;;/h2-5,11-12,14,21H,6-10,13H2,1H3,(H,27,28);;/q;+1;-1. The van der Waals surface area contributed by atoms with Crippen LogP contribution < -0.4 is 39.8 Å². The number of nitrogens with one attached hydrogen (secondary N) is 1. The zero-order valence-corrected chi connectivity index (χ0v) is 18.9. The van der Waals surface area contributed by atoms with Gasteiger partial charge in [-0.15, -0.1) is 0 Å². The quantitative estimate of drug-likeness (QED) is 0.519. The number of aryl methyl sites for hydroxylation is 1. The second-order valence-corrected chi connectivity index (χ2v) is 7.23. The number of fused-ring (bicyclic) bond motifs is 1. The minimum Gasteiger partial charge on any atom is -1.00 e. The maximum Gasteiger partial charge on any atom is 1.00 e. The van der Waals surface area contributed by atoms with Crippen molar-refractivity contribution < 1.29 is 40.9 Å². The van der Waals surface area contributed by atoms with Gasteiger partial charge in [0, 0.05) is 44.5 Å².